The first kappa shape index (κ1) is 17.2. The predicted octanol–water partition coefficient (Wildman–Crippen LogP) is 1.01. The van der Waals surface area contributed by atoms with Gasteiger partial charge in [-0.25, -0.2) is 0 Å². The molecule has 4 N–H and O–H groups in total. The summed E-state index contributed by atoms with van der Waals surface area (Å²) in [5.74, 6) is 1.96. The second-order valence-electron chi connectivity index (χ2n) is 7.13. The average Bonchev–Trinajstić information content (AvgIpc) is 3.11. The zero-order chi connectivity index (χ0) is 17.2. The van der Waals surface area contributed by atoms with E-state index in [1.54, 1.807) is 0 Å². The fourth-order valence-corrected chi connectivity index (χ4v) is 4.03. The van der Waals surface area contributed by atoms with Gasteiger partial charge < -0.3 is 25.7 Å². The number of nitrogens with two attached hydrogens (primary N) is 1. The van der Waals surface area contributed by atoms with Gasteiger partial charge in [-0.3, -0.25) is 0 Å². The number of hydrogen-bond donors (Lipinski definition) is 3. The summed E-state index contributed by atoms with van der Waals surface area (Å²) in [5.41, 5.74) is 5.46. The third kappa shape index (κ3) is 3.28. The number of rotatable bonds is 5. The lowest BCUT2D eigenvalue weighted by molar-refractivity contribution is -0.0353. The minimum Gasteiger partial charge on any atom is -0.396 e. The van der Waals surface area contributed by atoms with E-state index in [0.717, 1.165) is 37.6 Å². The molecule has 7 heteroatoms. The lowest BCUT2D eigenvalue weighted by Crippen LogP contribution is -2.54. The van der Waals surface area contributed by atoms with Gasteiger partial charge in [-0.2, -0.15) is 9.97 Å². The number of aromatic nitrogens is 2. The minimum atomic E-state index is -0.486. The number of nitrogen functional groups attached to an aromatic ring is 1. The molecule has 3 heterocycles. The molecule has 7 nitrogen and oxygen atoms in total. The predicted molar refractivity (Wildman–Crippen MR) is 95.2 cm³/mol. The molecule has 0 spiro atoms. The fourth-order valence-electron chi connectivity index (χ4n) is 4.03. The second-order valence-corrected chi connectivity index (χ2v) is 7.13. The van der Waals surface area contributed by atoms with Crippen LogP contribution in [-0.2, 0) is 0 Å². The third-order valence-electron chi connectivity index (χ3n) is 5.42. The van der Waals surface area contributed by atoms with Crippen LogP contribution in [0, 0.1) is 5.41 Å². The van der Waals surface area contributed by atoms with E-state index in [0.29, 0.717) is 19.5 Å². The van der Waals surface area contributed by atoms with Gasteiger partial charge in [0.05, 0.1) is 12.7 Å². The summed E-state index contributed by atoms with van der Waals surface area (Å²) in [6.45, 7) is 5.38. The molecule has 0 aromatic carbocycles. The van der Waals surface area contributed by atoms with E-state index in [2.05, 4.69) is 26.7 Å². The Morgan fingerprint density at radius 3 is 2.50 bits per heavy atom. The number of aliphatic hydroxyl groups excluding tert-OH is 2. The molecule has 24 heavy (non-hydrogen) atoms. The molecule has 2 aliphatic rings. The molecule has 0 radical (unpaired) electrons. The highest BCUT2D eigenvalue weighted by Crippen LogP contribution is 2.37. The van der Waals surface area contributed by atoms with E-state index in [1.807, 2.05) is 6.07 Å². The Morgan fingerprint density at radius 2 is 1.88 bits per heavy atom. The van der Waals surface area contributed by atoms with Gasteiger partial charge in [0.25, 0.3) is 0 Å². The average molecular weight is 335 g/mol. The van der Waals surface area contributed by atoms with Crippen LogP contribution in [0.15, 0.2) is 6.07 Å². The maximum atomic E-state index is 10.4. The van der Waals surface area contributed by atoms with E-state index in [4.69, 9.17) is 5.73 Å². The zero-order valence-corrected chi connectivity index (χ0v) is 14.5. The monoisotopic (exact) mass is 335 g/mol. The van der Waals surface area contributed by atoms with Crippen LogP contribution in [0.3, 0.4) is 0 Å². The highest BCUT2D eigenvalue weighted by Gasteiger charge is 2.42. The van der Waals surface area contributed by atoms with Crippen LogP contribution < -0.4 is 15.5 Å². The van der Waals surface area contributed by atoms with Crippen LogP contribution in [0.25, 0.3) is 0 Å². The number of hydrogen-bond acceptors (Lipinski definition) is 7. The van der Waals surface area contributed by atoms with Crippen molar-refractivity contribution in [2.24, 2.45) is 5.41 Å². The van der Waals surface area contributed by atoms with E-state index in [9.17, 15) is 10.2 Å². The van der Waals surface area contributed by atoms with Gasteiger partial charge in [0.1, 0.15) is 11.6 Å². The normalized spacial score (nSPS) is 27.7. The molecule has 2 atom stereocenters. The van der Waals surface area contributed by atoms with Crippen molar-refractivity contribution in [3.05, 3.63) is 6.07 Å². The molecule has 2 saturated heterocycles. The Morgan fingerprint density at radius 1 is 1.21 bits per heavy atom. The molecule has 2 fully saturated rings. The largest absolute Gasteiger partial charge is 0.396 e. The van der Waals surface area contributed by atoms with E-state index < -0.39 is 11.5 Å². The first-order chi connectivity index (χ1) is 11.6. The van der Waals surface area contributed by atoms with E-state index >= 15 is 0 Å². The quantitative estimate of drug-likeness (QED) is 0.738. The van der Waals surface area contributed by atoms with Gasteiger partial charge in [0.2, 0.25) is 5.95 Å². The van der Waals surface area contributed by atoms with Crippen molar-refractivity contribution in [1.82, 2.24) is 9.97 Å². The first-order valence-corrected chi connectivity index (χ1v) is 9.01. The highest BCUT2D eigenvalue weighted by molar-refractivity contribution is 5.55. The van der Waals surface area contributed by atoms with Gasteiger partial charge in [-0.1, -0.05) is 13.3 Å². The summed E-state index contributed by atoms with van der Waals surface area (Å²) in [7, 11) is 0. The Hall–Kier alpha value is -1.60. The van der Waals surface area contributed by atoms with Crippen LogP contribution in [0.1, 0.15) is 39.0 Å². The van der Waals surface area contributed by atoms with E-state index in [-0.39, 0.29) is 12.6 Å². The minimum absolute atomic E-state index is 0.0158. The molecule has 2 aliphatic heterocycles. The molecule has 0 saturated carbocycles. The van der Waals surface area contributed by atoms with E-state index in [1.165, 1.54) is 12.8 Å². The Bertz CT molecular complexity index is 564. The van der Waals surface area contributed by atoms with Crippen LogP contribution in [0.2, 0.25) is 0 Å². The number of nitrogens with zero attached hydrogens (tertiary/aromatic N) is 4. The number of aliphatic hydroxyl groups is 2. The Labute approximate surface area is 143 Å². The standard InChI is InChI=1S/C17H29N5O2/c1-2-6-17(12-23)11-22(9-5-13(17)24)15-10-14(19-16(18)20-15)21-7-3-4-8-21/h10,13,23-24H,2-9,11-12H2,1H3,(H2,18,19,20)/t13-,17-/m0/s1. The van der Waals surface area contributed by atoms with Gasteiger partial charge in [0, 0.05) is 37.7 Å². The molecule has 1 aromatic heterocycles. The van der Waals surface area contributed by atoms with Crippen molar-refractivity contribution in [1.29, 1.82) is 0 Å². The molecule has 3 rings (SSSR count). The summed E-state index contributed by atoms with van der Waals surface area (Å²) < 4.78 is 0. The van der Waals surface area contributed by atoms with Crippen LogP contribution >= 0.6 is 0 Å². The molecule has 1 aromatic rings. The Balaban J connectivity index is 1.85. The third-order valence-corrected chi connectivity index (χ3v) is 5.42. The van der Waals surface area contributed by atoms with Crippen LogP contribution in [-0.4, -0.2) is 59.1 Å². The van der Waals surface area contributed by atoms with Gasteiger partial charge in [-0.15, -0.1) is 0 Å². The highest BCUT2D eigenvalue weighted by atomic mass is 16.3. The van der Waals surface area contributed by atoms with Crippen molar-refractivity contribution < 1.29 is 10.2 Å². The second kappa shape index (κ2) is 7.11. The van der Waals surface area contributed by atoms with Crippen LogP contribution in [0.5, 0.6) is 0 Å². The number of piperidine rings is 1. The maximum absolute atomic E-state index is 10.4. The summed E-state index contributed by atoms with van der Waals surface area (Å²) >= 11 is 0. The first-order valence-electron chi connectivity index (χ1n) is 9.01. The molecular weight excluding hydrogens is 306 g/mol. The molecule has 0 aliphatic carbocycles. The van der Waals surface area contributed by atoms with Gasteiger partial charge in [0.15, 0.2) is 0 Å². The van der Waals surface area contributed by atoms with Crippen molar-refractivity contribution >= 4 is 17.6 Å². The molecule has 134 valence electrons. The fraction of sp³-hybridized carbons (Fsp3) is 0.765. The lowest BCUT2D eigenvalue weighted by atomic mass is 9.74. The SMILES string of the molecule is CCC[C@@]1(CO)CN(c2cc(N3CCCC3)nc(N)n2)CC[C@@H]1O. The van der Waals surface area contributed by atoms with Gasteiger partial charge in [-0.05, 0) is 25.7 Å². The summed E-state index contributed by atoms with van der Waals surface area (Å²) in [5, 5.41) is 20.4. The molecule has 0 amide bonds. The smallest absolute Gasteiger partial charge is 0.223 e. The summed E-state index contributed by atoms with van der Waals surface area (Å²) in [6, 6.07) is 1.99. The summed E-state index contributed by atoms with van der Waals surface area (Å²) in [4.78, 5) is 13.2. The topological polar surface area (TPSA) is 98.7 Å². The Kier molecular flexibility index (Phi) is 5.10. The zero-order valence-electron chi connectivity index (χ0n) is 14.5. The van der Waals surface area contributed by atoms with Crippen molar-refractivity contribution in [3.8, 4) is 0 Å². The van der Waals surface area contributed by atoms with Crippen molar-refractivity contribution in [3.63, 3.8) is 0 Å². The van der Waals surface area contributed by atoms with Crippen molar-refractivity contribution in [2.75, 3.05) is 48.3 Å². The molecule has 0 unspecified atom stereocenters. The van der Waals surface area contributed by atoms with Crippen LogP contribution in [0.4, 0.5) is 17.6 Å². The lowest BCUT2D eigenvalue weighted by Gasteiger charge is -2.45. The van der Waals surface area contributed by atoms with Crippen molar-refractivity contribution in [2.45, 2.75) is 45.1 Å². The molecule has 0 bridgehead atoms. The maximum Gasteiger partial charge on any atom is 0.223 e. The number of anilines is 3. The summed E-state index contributed by atoms with van der Waals surface area (Å²) in [6.07, 6.45) is 4.23. The van der Waals surface area contributed by atoms with Gasteiger partial charge >= 0.3 is 0 Å². The molecular formula is C17H29N5O2.